The maximum atomic E-state index is 14.5. The van der Waals surface area contributed by atoms with E-state index in [1.807, 2.05) is 25.1 Å². The molecule has 38 heavy (non-hydrogen) atoms. The zero-order valence-corrected chi connectivity index (χ0v) is 21.7. The van der Waals surface area contributed by atoms with Crippen LogP contribution >= 0.6 is 0 Å². The minimum Gasteiger partial charge on any atom is -0.376 e. The van der Waals surface area contributed by atoms with Gasteiger partial charge in [-0.15, -0.1) is 5.10 Å². The summed E-state index contributed by atoms with van der Waals surface area (Å²) in [6, 6.07) is 12.5. The number of nitrogens with zero attached hydrogens (tertiary/aromatic N) is 6. The molecule has 0 bridgehead atoms. The Hall–Kier alpha value is -3.63. The van der Waals surface area contributed by atoms with E-state index in [1.165, 1.54) is 6.07 Å². The predicted molar refractivity (Wildman–Crippen MR) is 143 cm³/mol. The molecule has 2 saturated heterocycles. The Kier molecular flexibility index (Phi) is 6.67. The van der Waals surface area contributed by atoms with Crippen molar-refractivity contribution in [2.75, 3.05) is 37.7 Å². The van der Waals surface area contributed by atoms with Gasteiger partial charge in [0.25, 0.3) is 5.56 Å². The van der Waals surface area contributed by atoms with Gasteiger partial charge in [-0.25, -0.2) is 9.07 Å². The van der Waals surface area contributed by atoms with Crippen molar-refractivity contribution < 1.29 is 9.13 Å². The van der Waals surface area contributed by atoms with Gasteiger partial charge in [-0.3, -0.25) is 9.69 Å². The molecule has 4 aromatic rings. The highest BCUT2D eigenvalue weighted by Crippen LogP contribution is 2.30. The number of fused-ring (bicyclic) bond motifs is 1. The van der Waals surface area contributed by atoms with Crippen molar-refractivity contribution in [1.29, 1.82) is 0 Å². The second kappa shape index (κ2) is 10.3. The van der Waals surface area contributed by atoms with Gasteiger partial charge in [0.1, 0.15) is 11.9 Å². The minimum absolute atomic E-state index is 0.0518. The number of nitrogens with one attached hydrogen (secondary N) is 1. The molecule has 2 aliphatic rings. The van der Waals surface area contributed by atoms with Crippen LogP contribution in [0.2, 0.25) is 0 Å². The van der Waals surface area contributed by atoms with Gasteiger partial charge in [-0.2, -0.15) is 0 Å². The number of aromatic nitrogens is 5. The number of pyridine rings is 1. The number of aromatic amines is 1. The van der Waals surface area contributed by atoms with Crippen molar-refractivity contribution in [3.8, 4) is 0 Å². The standard InChI is InChI=1S/C28H32FN7O2/c1-18-14-19(2)25-20(15-18)16-22(28(37)30-25)26(27-31-32-33-36(27)17-21-6-5-13-38-21)35-11-9-34(10-12-35)24-8-4-3-7-23(24)29/h3-4,7-8,14-16,21,26H,5-6,9-13,17H2,1-2H3,(H,30,37)/t21-,26-/m1/s1. The van der Waals surface area contributed by atoms with Crippen LogP contribution in [0.15, 0.2) is 47.3 Å². The minimum atomic E-state index is -0.455. The molecule has 0 saturated carbocycles. The topological polar surface area (TPSA) is 92.2 Å². The van der Waals surface area contributed by atoms with E-state index >= 15 is 0 Å². The summed E-state index contributed by atoms with van der Waals surface area (Å²) in [5.41, 5.74) is 4.05. The summed E-state index contributed by atoms with van der Waals surface area (Å²) in [5.74, 6) is 0.392. The number of hydrogen-bond acceptors (Lipinski definition) is 7. The summed E-state index contributed by atoms with van der Waals surface area (Å²) in [7, 11) is 0. The van der Waals surface area contributed by atoms with Crippen LogP contribution in [0.1, 0.15) is 41.4 Å². The number of rotatable bonds is 6. The highest BCUT2D eigenvalue weighted by Gasteiger charge is 2.34. The highest BCUT2D eigenvalue weighted by atomic mass is 19.1. The molecule has 2 aromatic carbocycles. The van der Waals surface area contributed by atoms with Gasteiger partial charge in [0.15, 0.2) is 5.82 Å². The molecular formula is C28H32FN7O2. The molecule has 2 fully saturated rings. The first-order valence-corrected chi connectivity index (χ1v) is 13.2. The molecule has 0 spiro atoms. The normalized spacial score (nSPS) is 19.3. The van der Waals surface area contributed by atoms with E-state index in [0.29, 0.717) is 49.8 Å². The first-order valence-electron chi connectivity index (χ1n) is 13.2. The van der Waals surface area contributed by atoms with Gasteiger partial charge < -0.3 is 14.6 Å². The summed E-state index contributed by atoms with van der Waals surface area (Å²) in [5, 5.41) is 13.7. The van der Waals surface area contributed by atoms with Crippen LogP contribution in [-0.4, -0.2) is 69.0 Å². The lowest BCUT2D eigenvalue weighted by Gasteiger charge is -2.39. The molecule has 0 unspecified atom stereocenters. The van der Waals surface area contributed by atoms with Crippen LogP contribution in [-0.2, 0) is 11.3 Å². The molecule has 2 atom stereocenters. The lowest BCUT2D eigenvalue weighted by atomic mass is 10.00. The highest BCUT2D eigenvalue weighted by molar-refractivity contribution is 5.83. The third-order valence-electron chi connectivity index (χ3n) is 7.69. The number of benzene rings is 2. The molecular weight excluding hydrogens is 485 g/mol. The van der Waals surface area contributed by atoms with E-state index in [1.54, 1.807) is 10.7 Å². The molecule has 2 aromatic heterocycles. The van der Waals surface area contributed by atoms with Crippen molar-refractivity contribution in [2.24, 2.45) is 0 Å². The molecule has 0 radical (unpaired) electrons. The molecule has 6 rings (SSSR count). The van der Waals surface area contributed by atoms with E-state index in [4.69, 9.17) is 4.74 Å². The number of halogens is 1. The lowest BCUT2D eigenvalue weighted by Crippen LogP contribution is -2.49. The Bertz CT molecular complexity index is 1500. The summed E-state index contributed by atoms with van der Waals surface area (Å²) in [6.45, 7) is 7.82. The first kappa shape index (κ1) is 24.7. The van der Waals surface area contributed by atoms with Gasteiger partial charge >= 0.3 is 0 Å². The molecule has 0 aliphatic carbocycles. The zero-order chi connectivity index (χ0) is 26.2. The molecule has 1 N–H and O–H groups in total. The maximum Gasteiger partial charge on any atom is 0.253 e. The summed E-state index contributed by atoms with van der Waals surface area (Å²) < 4.78 is 22.1. The first-order chi connectivity index (χ1) is 18.5. The molecule has 9 nitrogen and oxygen atoms in total. The fourth-order valence-corrected chi connectivity index (χ4v) is 5.85. The second-order valence-electron chi connectivity index (χ2n) is 10.3. The van der Waals surface area contributed by atoms with Gasteiger partial charge in [-0.1, -0.05) is 23.8 Å². The van der Waals surface area contributed by atoms with Crippen molar-refractivity contribution in [3.63, 3.8) is 0 Å². The van der Waals surface area contributed by atoms with Crippen molar-refractivity contribution >= 4 is 16.6 Å². The number of aryl methyl sites for hydroxylation is 2. The van der Waals surface area contributed by atoms with Gasteiger partial charge in [-0.05, 0) is 72.3 Å². The third kappa shape index (κ3) is 4.69. The Morgan fingerprint density at radius 3 is 2.71 bits per heavy atom. The van der Waals surface area contributed by atoms with Gasteiger partial charge in [0, 0.05) is 38.3 Å². The number of anilines is 1. The number of piperazine rings is 1. The SMILES string of the molecule is Cc1cc(C)c2[nH]c(=O)c([C@H](c3nnnn3C[C@H]3CCCO3)N3CCN(c4ccccc4F)CC3)cc2c1. The van der Waals surface area contributed by atoms with E-state index in [2.05, 4.69) is 49.4 Å². The number of hydrogen-bond donors (Lipinski definition) is 1. The van der Waals surface area contributed by atoms with E-state index in [0.717, 1.165) is 41.5 Å². The average molecular weight is 518 g/mol. The Morgan fingerprint density at radius 1 is 1.13 bits per heavy atom. The summed E-state index contributed by atoms with van der Waals surface area (Å²) >= 11 is 0. The smallest absolute Gasteiger partial charge is 0.253 e. The average Bonchev–Trinajstić information content (AvgIpc) is 3.59. The zero-order valence-electron chi connectivity index (χ0n) is 21.7. The quantitative estimate of drug-likeness (QED) is 0.419. The fourth-order valence-electron chi connectivity index (χ4n) is 5.85. The Balaban J connectivity index is 1.39. The van der Waals surface area contributed by atoms with Crippen LogP contribution in [0, 0.1) is 19.7 Å². The molecule has 10 heteroatoms. The van der Waals surface area contributed by atoms with Crippen LogP contribution in [0.3, 0.4) is 0 Å². The van der Waals surface area contributed by atoms with Gasteiger partial charge in [0.05, 0.1) is 23.9 Å². The number of H-pyrrole nitrogens is 1. The molecule has 198 valence electrons. The monoisotopic (exact) mass is 517 g/mol. The fraction of sp³-hybridized carbons (Fsp3) is 0.429. The number of para-hydroxylation sites is 1. The van der Waals surface area contributed by atoms with Gasteiger partial charge in [0.2, 0.25) is 0 Å². The Morgan fingerprint density at radius 2 is 1.95 bits per heavy atom. The van der Waals surface area contributed by atoms with Crippen molar-refractivity contribution in [3.05, 3.63) is 81.2 Å². The van der Waals surface area contributed by atoms with E-state index < -0.39 is 6.04 Å². The maximum absolute atomic E-state index is 14.5. The van der Waals surface area contributed by atoms with Crippen LogP contribution in [0.25, 0.3) is 10.9 Å². The molecule has 2 aliphatic heterocycles. The van der Waals surface area contributed by atoms with E-state index in [-0.39, 0.29) is 17.5 Å². The number of tetrazole rings is 1. The largest absolute Gasteiger partial charge is 0.376 e. The number of ether oxygens (including phenoxy) is 1. The second-order valence-corrected chi connectivity index (χ2v) is 10.3. The van der Waals surface area contributed by atoms with Crippen LogP contribution < -0.4 is 10.5 Å². The van der Waals surface area contributed by atoms with Crippen molar-refractivity contribution in [1.82, 2.24) is 30.1 Å². The predicted octanol–water partition coefficient (Wildman–Crippen LogP) is 3.36. The van der Waals surface area contributed by atoms with E-state index in [9.17, 15) is 9.18 Å². The third-order valence-corrected chi connectivity index (χ3v) is 7.69. The van der Waals surface area contributed by atoms with Crippen LogP contribution in [0.4, 0.5) is 10.1 Å². The Labute approximate surface area is 220 Å². The summed E-state index contributed by atoms with van der Waals surface area (Å²) in [4.78, 5) is 21.0. The summed E-state index contributed by atoms with van der Waals surface area (Å²) in [6.07, 6.45) is 2.03. The van der Waals surface area contributed by atoms with Crippen LogP contribution in [0.5, 0.6) is 0 Å². The lowest BCUT2D eigenvalue weighted by molar-refractivity contribution is 0.0906. The molecule has 0 amide bonds. The van der Waals surface area contributed by atoms with Crippen molar-refractivity contribution in [2.45, 2.75) is 45.4 Å². The molecule has 4 heterocycles.